The van der Waals surface area contributed by atoms with E-state index in [-0.39, 0.29) is 17.1 Å². The highest BCUT2D eigenvalue weighted by molar-refractivity contribution is 8.13. The summed E-state index contributed by atoms with van der Waals surface area (Å²) in [5.41, 5.74) is -1.17. The highest BCUT2D eigenvalue weighted by Gasteiger charge is 2.34. The van der Waals surface area contributed by atoms with Crippen LogP contribution < -0.4 is 0 Å². The van der Waals surface area contributed by atoms with Crippen LogP contribution in [0.1, 0.15) is 11.1 Å². The number of benzene rings is 1. The molecule has 0 bridgehead atoms. The van der Waals surface area contributed by atoms with Crippen molar-refractivity contribution in [3.05, 3.63) is 35.1 Å². The van der Waals surface area contributed by atoms with Gasteiger partial charge >= 0.3 is 6.18 Å². The van der Waals surface area contributed by atoms with E-state index in [1.165, 1.54) is 12.3 Å². The van der Waals surface area contributed by atoms with Gasteiger partial charge in [0.2, 0.25) is 0 Å². The van der Waals surface area contributed by atoms with Crippen molar-refractivity contribution in [2.24, 2.45) is 0 Å². The van der Waals surface area contributed by atoms with Crippen molar-refractivity contribution >= 4 is 16.9 Å². The molecule has 0 N–H and O–H groups in total. The third kappa shape index (κ3) is 3.23. The second-order valence-corrected chi connectivity index (χ2v) is 3.93. The Balaban J connectivity index is 3.03. The van der Waals surface area contributed by atoms with Gasteiger partial charge in [0.1, 0.15) is 5.82 Å². The molecule has 1 nitrogen and oxygen atoms in total. The number of hydrogen-bond donors (Lipinski definition) is 0. The maximum atomic E-state index is 12.9. The first-order valence-corrected chi connectivity index (χ1v) is 5.49. The van der Waals surface area contributed by atoms with Gasteiger partial charge in [0, 0.05) is 6.42 Å². The minimum Gasteiger partial charge on any atom is -0.287 e. The van der Waals surface area contributed by atoms with Crippen molar-refractivity contribution in [3.8, 4) is 0 Å². The Labute approximate surface area is 93.8 Å². The summed E-state index contributed by atoms with van der Waals surface area (Å²) in [5.74, 6) is -1.33. The van der Waals surface area contributed by atoms with E-state index >= 15 is 0 Å². The summed E-state index contributed by atoms with van der Waals surface area (Å²) in [4.78, 5) is 11.0. The summed E-state index contributed by atoms with van der Waals surface area (Å²) in [6.07, 6.45) is -3.33. The Morgan fingerprint density at radius 2 is 2.00 bits per heavy atom. The fourth-order valence-electron chi connectivity index (χ4n) is 1.14. The number of halogens is 4. The van der Waals surface area contributed by atoms with Crippen molar-refractivity contribution in [2.45, 2.75) is 12.6 Å². The summed E-state index contributed by atoms with van der Waals surface area (Å²) in [6, 6.07) is 2.58. The third-order valence-corrected chi connectivity index (χ3v) is 2.51. The molecule has 0 spiro atoms. The molecule has 0 atom stereocenters. The quantitative estimate of drug-likeness (QED) is 0.751. The lowest BCUT2D eigenvalue weighted by atomic mass is 10.1. The van der Waals surface area contributed by atoms with Gasteiger partial charge in [-0.3, -0.25) is 4.79 Å². The Morgan fingerprint density at radius 3 is 2.50 bits per heavy atom. The summed E-state index contributed by atoms with van der Waals surface area (Å²) in [6.45, 7) is 0. The first-order chi connectivity index (χ1) is 7.34. The second kappa shape index (κ2) is 4.86. The Hall–Kier alpha value is -1.04. The number of carbonyl (C=O) groups excluding carboxylic acids is 1. The third-order valence-electron chi connectivity index (χ3n) is 1.91. The normalized spacial score (nSPS) is 11.6. The van der Waals surface area contributed by atoms with Gasteiger partial charge in [0.05, 0.1) is 5.56 Å². The lowest BCUT2D eigenvalue weighted by Crippen LogP contribution is -2.09. The molecule has 0 unspecified atom stereocenters. The minimum absolute atomic E-state index is 0.134. The molecule has 0 aliphatic rings. The van der Waals surface area contributed by atoms with Crippen LogP contribution >= 0.6 is 11.8 Å². The summed E-state index contributed by atoms with van der Waals surface area (Å²) >= 11 is 0.923. The van der Waals surface area contributed by atoms with Gasteiger partial charge in [0.25, 0.3) is 0 Å². The van der Waals surface area contributed by atoms with Gasteiger partial charge < -0.3 is 0 Å². The van der Waals surface area contributed by atoms with Gasteiger partial charge in [-0.2, -0.15) is 13.2 Å². The van der Waals surface area contributed by atoms with Gasteiger partial charge in [-0.1, -0.05) is 17.8 Å². The van der Waals surface area contributed by atoms with E-state index in [4.69, 9.17) is 0 Å². The van der Waals surface area contributed by atoms with Gasteiger partial charge in [-0.15, -0.1) is 0 Å². The van der Waals surface area contributed by atoms with Gasteiger partial charge in [-0.05, 0) is 24.0 Å². The number of alkyl halides is 3. The molecule has 6 heteroatoms. The molecule has 1 aromatic rings. The second-order valence-electron chi connectivity index (χ2n) is 3.06. The molecule has 0 aromatic heterocycles. The van der Waals surface area contributed by atoms with E-state index in [1.54, 1.807) is 0 Å². The van der Waals surface area contributed by atoms with Crippen molar-refractivity contribution < 1.29 is 22.4 Å². The molecule has 0 amide bonds. The van der Waals surface area contributed by atoms with E-state index in [0.717, 1.165) is 17.8 Å². The average Bonchev–Trinajstić information content (AvgIpc) is 2.19. The predicted octanol–water partition coefficient (Wildman–Crippen LogP) is 3.28. The maximum absolute atomic E-state index is 12.9. The zero-order valence-electron chi connectivity index (χ0n) is 8.27. The summed E-state index contributed by atoms with van der Waals surface area (Å²) in [7, 11) is 0. The van der Waals surface area contributed by atoms with Crippen LogP contribution in [0.4, 0.5) is 17.6 Å². The van der Waals surface area contributed by atoms with Crippen LogP contribution in [0.2, 0.25) is 0 Å². The van der Waals surface area contributed by atoms with Crippen LogP contribution in [0.5, 0.6) is 0 Å². The fourth-order valence-corrected chi connectivity index (χ4v) is 1.45. The van der Waals surface area contributed by atoms with E-state index < -0.39 is 17.6 Å². The molecule has 16 heavy (non-hydrogen) atoms. The van der Waals surface area contributed by atoms with Crippen molar-refractivity contribution in [3.63, 3.8) is 0 Å². The topological polar surface area (TPSA) is 17.1 Å². The lowest BCUT2D eigenvalue weighted by Gasteiger charge is -2.09. The molecule has 0 saturated heterocycles. The van der Waals surface area contributed by atoms with E-state index in [2.05, 4.69) is 0 Å². The molecule has 1 rings (SSSR count). The molecular formula is C10H8F4OS. The zero-order chi connectivity index (χ0) is 12.3. The highest BCUT2D eigenvalue weighted by atomic mass is 32.2. The van der Waals surface area contributed by atoms with E-state index in [1.807, 2.05) is 0 Å². The van der Waals surface area contributed by atoms with Crippen LogP contribution in [-0.2, 0) is 17.4 Å². The summed E-state index contributed by atoms with van der Waals surface area (Å²) < 4.78 is 49.8. The number of hydrogen-bond acceptors (Lipinski definition) is 2. The first-order valence-electron chi connectivity index (χ1n) is 4.27. The highest BCUT2D eigenvalue weighted by Crippen LogP contribution is 2.32. The Kier molecular flexibility index (Phi) is 3.96. The fraction of sp³-hybridized carbons (Fsp3) is 0.300. The predicted molar refractivity (Wildman–Crippen MR) is 53.6 cm³/mol. The van der Waals surface area contributed by atoms with Crippen LogP contribution in [-0.4, -0.2) is 11.4 Å². The number of thioether (sulfide) groups is 1. The molecular weight excluding hydrogens is 244 g/mol. The molecule has 0 heterocycles. The zero-order valence-corrected chi connectivity index (χ0v) is 9.08. The molecule has 0 radical (unpaired) electrons. The first kappa shape index (κ1) is 13.0. The van der Waals surface area contributed by atoms with Crippen molar-refractivity contribution in [1.29, 1.82) is 0 Å². The Morgan fingerprint density at radius 1 is 1.38 bits per heavy atom. The minimum atomic E-state index is -4.73. The van der Waals surface area contributed by atoms with Crippen LogP contribution in [0.15, 0.2) is 18.2 Å². The molecule has 88 valence electrons. The van der Waals surface area contributed by atoms with Crippen LogP contribution in [0.3, 0.4) is 0 Å². The molecule has 0 fully saturated rings. The van der Waals surface area contributed by atoms with Crippen molar-refractivity contribution in [2.75, 3.05) is 6.26 Å². The average molecular weight is 252 g/mol. The van der Waals surface area contributed by atoms with E-state index in [0.29, 0.717) is 6.07 Å². The molecule has 0 aliphatic heterocycles. The summed E-state index contributed by atoms with van der Waals surface area (Å²) in [5, 5.41) is -0.264. The molecule has 0 aliphatic carbocycles. The van der Waals surface area contributed by atoms with Crippen LogP contribution in [0, 0.1) is 5.82 Å². The van der Waals surface area contributed by atoms with Gasteiger partial charge in [-0.25, -0.2) is 4.39 Å². The molecule has 0 saturated carbocycles. The lowest BCUT2D eigenvalue weighted by molar-refractivity contribution is -0.140. The van der Waals surface area contributed by atoms with E-state index in [9.17, 15) is 22.4 Å². The number of carbonyl (C=O) groups is 1. The number of rotatable bonds is 2. The Bertz CT molecular complexity index is 400. The largest absolute Gasteiger partial charge is 0.419 e. The monoisotopic (exact) mass is 252 g/mol. The maximum Gasteiger partial charge on any atom is 0.419 e. The van der Waals surface area contributed by atoms with Crippen molar-refractivity contribution in [1.82, 2.24) is 0 Å². The van der Waals surface area contributed by atoms with Gasteiger partial charge in [0.15, 0.2) is 5.12 Å². The standard InChI is InChI=1S/C10H8F4OS/c1-16-9(15)5-6-2-3-8(11)7(4-6)10(12,13)14/h2-4H,5H2,1H3. The smallest absolute Gasteiger partial charge is 0.287 e. The SMILES string of the molecule is CSC(=O)Cc1ccc(F)c(C(F)(F)F)c1. The molecule has 1 aromatic carbocycles. The van der Waals surface area contributed by atoms with Crippen LogP contribution in [0.25, 0.3) is 0 Å².